The van der Waals surface area contributed by atoms with Gasteiger partial charge in [0.15, 0.2) is 0 Å². The highest BCUT2D eigenvalue weighted by Gasteiger charge is 2.29. The summed E-state index contributed by atoms with van der Waals surface area (Å²) < 4.78 is 0. The summed E-state index contributed by atoms with van der Waals surface area (Å²) in [6.07, 6.45) is 0.373. The lowest BCUT2D eigenvalue weighted by molar-refractivity contribution is -0.117. The van der Waals surface area contributed by atoms with Crippen LogP contribution in [-0.2, 0) is 4.79 Å². The van der Waals surface area contributed by atoms with Gasteiger partial charge >= 0.3 is 5.97 Å². The maximum absolute atomic E-state index is 11.6. The van der Waals surface area contributed by atoms with Crippen LogP contribution < -0.4 is 4.90 Å². The van der Waals surface area contributed by atoms with E-state index < -0.39 is 5.97 Å². The molecule has 1 aromatic carbocycles. The van der Waals surface area contributed by atoms with Gasteiger partial charge in [-0.05, 0) is 12.1 Å². The molecule has 90 valence electrons. The van der Waals surface area contributed by atoms with Crippen LogP contribution in [0.5, 0.6) is 5.75 Å². The summed E-state index contributed by atoms with van der Waals surface area (Å²) in [7, 11) is 0. The standard InChI is InChI=1S/C11H10BrNO4/c12-7-3-10(15)13(5-7)8-1-6(11(16)17)2-9(14)4-8/h1-2,4,7,14H,3,5H2,(H,16,17). The first-order valence-electron chi connectivity index (χ1n) is 4.99. The van der Waals surface area contributed by atoms with Gasteiger partial charge in [0, 0.05) is 29.5 Å². The number of rotatable bonds is 2. The maximum Gasteiger partial charge on any atom is 0.335 e. The predicted molar refractivity (Wildman–Crippen MR) is 64.8 cm³/mol. The van der Waals surface area contributed by atoms with Gasteiger partial charge in [0.05, 0.1) is 5.56 Å². The molecule has 5 nitrogen and oxygen atoms in total. The van der Waals surface area contributed by atoms with Crippen LogP contribution in [0, 0.1) is 0 Å². The van der Waals surface area contributed by atoms with E-state index in [9.17, 15) is 14.7 Å². The number of phenols is 1. The number of carbonyl (C=O) groups excluding carboxylic acids is 1. The van der Waals surface area contributed by atoms with Crippen molar-refractivity contribution in [1.82, 2.24) is 0 Å². The summed E-state index contributed by atoms with van der Waals surface area (Å²) in [4.78, 5) is 24.0. The summed E-state index contributed by atoms with van der Waals surface area (Å²) in [5.74, 6) is -1.39. The molecule has 6 heteroatoms. The lowest BCUT2D eigenvalue weighted by Crippen LogP contribution is -2.24. The average molecular weight is 300 g/mol. The van der Waals surface area contributed by atoms with Gasteiger partial charge in [0.1, 0.15) is 5.75 Å². The van der Waals surface area contributed by atoms with Crippen LogP contribution in [-0.4, -0.2) is 33.5 Å². The third kappa shape index (κ3) is 2.41. The summed E-state index contributed by atoms with van der Waals surface area (Å²) in [5.41, 5.74) is 0.375. The van der Waals surface area contributed by atoms with Crippen LogP contribution in [0.15, 0.2) is 18.2 Å². The molecule has 0 aromatic heterocycles. The predicted octanol–water partition coefficient (Wildman–Crippen LogP) is 1.59. The molecule has 1 aliphatic heterocycles. The molecular weight excluding hydrogens is 290 g/mol. The summed E-state index contributed by atoms with van der Waals surface area (Å²) in [6.45, 7) is 0.474. The Kier molecular flexibility index (Phi) is 3.06. The van der Waals surface area contributed by atoms with Gasteiger partial charge in [-0.15, -0.1) is 0 Å². The number of phenolic OH excluding ortho intramolecular Hbond substituents is 1. The van der Waals surface area contributed by atoms with Crippen molar-refractivity contribution in [3.63, 3.8) is 0 Å². The van der Waals surface area contributed by atoms with Gasteiger partial charge in [0.2, 0.25) is 5.91 Å². The van der Waals surface area contributed by atoms with E-state index in [1.54, 1.807) is 0 Å². The molecule has 1 unspecified atom stereocenters. The zero-order valence-corrected chi connectivity index (χ0v) is 10.3. The van der Waals surface area contributed by atoms with Crippen molar-refractivity contribution in [2.45, 2.75) is 11.2 Å². The van der Waals surface area contributed by atoms with E-state index >= 15 is 0 Å². The molecule has 2 rings (SSSR count). The lowest BCUT2D eigenvalue weighted by Gasteiger charge is -2.16. The monoisotopic (exact) mass is 299 g/mol. The van der Waals surface area contributed by atoms with Gasteiger partial charge in [0.25, 0.3) is 0 Å². The Balaban J connectivity index is 2.39. The van der Waals surface area contributed by atoms with Crippen LogP contribution in [0.25, 0.3) is 0 Å². The van der Waals surface area contributed by atoms with Crippen molar-refractivity contribution >= 4 is 33.5 Å². The number of carboxylic acids is 1. The quantitative estimate of drug-likeness (QED) is 0.813. The molecule has 1 aliphatic rings. The van der Waals surface area contributed by atoms with E-state index in [2.05, 4.69) is 15.9 Å². The number of carbonyl (C=O) groups is 2. The van der Waals surface area contributed by atoms with Crippen LogP contribution in [0.4, 0.5) is 5.69 Å². The fourth-order valence-electron chi connectivity index (χ4n) is 1.79. The first kappa shape index (κ1) is 11.9. The number of carboxylic acid groups (broad SMARTS) is 1. The molecule has 0 spiro atoms. The Morgan fingerprint density at radius 3 is 2.65 bits per heavy atom. The van der Waals surface area contributed by atoms with Crippen LogP contribution in [0.1, 0.15) is 16.8 Å². The van der Waals surface area contributed by atoms with Gasteiger partial charge in [-0.3, -0.25) is 4.79 Å². The summed E-state index contributed by atoms with van der Waals surface area (Å²) >= 11 is 3.34. The first-order valence-corrected chi connectivity index (χ1v) is 5.90. The minimum absolute atomic E-state index is 0.0363. The summed E-state index contributed by atoms with van der Waals surface area (Å²) in [5, 5.41) is 18.3. The molecule has 1 saturated heterocycles. The molecule has 1 amide bonds. The average Bonchev–Trinajstić information content (AvgIpc) is 2.57. The summed E-state index contributed by atoms with van der Waals surface area (Å²) in [6, 6.07) is 3.92. The minimum atomic E-state index is -1.14. The SMILES string of the molecule is O=C(O)c1cc(O)cc(N2CC(Br)CC2=O)c1. The van der Waals surface area contributed by atoms with E-state index in [-0.39, 0.29) is 22.0 Å². The highest BCUT2D eigenvalue weighted by Crippen LogP contribution is 2.29. The zero-order valence-electron chi connectivity index (χ0n) is 8.76. The number of alkyl halides is 1. The molecule has 1 atom stereocenters. The Morgan fingerprint density at radius 1 is 1.41 bits per heavy atom. The number of aromatic hydroxyl groups is 1. The number of benzene rings is 1. The lowest BCUT2D eigenvalue weighted by atomic mass is 10.2. The molecule has 1 heterocycles. The van der Waals surface area contributed by atoms with Crippen LogP contribution >= 0.6 is 15.9 Å². The van der Waals surface area contributed by atoms with Gasteiger partial charge in [-0.2, -0.15) is 0 Å². The van der Waals surface area contributed by atoms with Crippen molar-refractivity contribution < 1.29 is 19.8 Å². The molecule has 0 radical (unpaired) electrons. The molecule has 0 bridgehead atoms. The number of hydrogen-bond donors (Lipinski definition) is 2. The number of aromatic carboxylic acids is 1. The third-order valence-electron chi connectivity index (χ3n) is 2.54. The fraction of sp³-hybridized carbons (Fsp3) is 0.273. The van der Waals surface area contributed by atoms with Crippen molar-refractivity contribution in [3.05, 3.63) is 23.8 Å². The Morgan fingerprint density at radius 2 is 2.12 bits per heavy atom. The molecule has 0 saturated carbocycles. The third-order valence-corrected chi connectivity index (χ3v) is 3.15. The maximum atomic E-state index is 11.6. The normalized spacial score (nSPS) is 19.7. The molecule has 0 aliphatic carbocycles. The second-order valence-electron chi connectivity index (χ2n) is 3.85. The second kappa shape index (κ2) is 4.37. The number of halogens is 1. The number of hydrogen-bond acceptors (Lipinski definition) is 3. The minimum Gasteiger partial charge on any atom is -0.508 e. The highest BCUT2D eigenvalue weighted by molar-refractivity contribution is 9.09. The zero-order chi connectivity index (χ0) is 12.6. The van der Waals surface area contributed by atoms with Crippen LogP contribution in [0.3, 0.4) is 0 Å². The van der Waals surface area contributed by atoms with Gasteiger partial charge < -0.3 is 15.1 Å². The van der Waals surface area contributed by atoms with Crippen molar-refractivity contribution in [2.24, 2.45) is 0 Å². The van der Waals surface area contributed by atoms with E-state index in [0.717, 1.165) is 6.07 Å². The number of nitrogens with zero attached hydrogens (tertiary/aromatic N) is 1. The topological polar surface area (TPSA) is 77.8 Å². The van der Waals surface area contributed by atoms with E-state index in [1.807, 2.05) is 0 Å². The van der Waals surface area contributed by atoms with Crippen molar-refractivity contribution in [1.29, 1.82) is 0 Å². The Labute approximate surface area is 106 Å². The van der Waals surface area contributed by atoms with E-state index in [1.165, 1.54) is 17.0 Å². The molecule has 1 fully saturated rings. The molecule has 2 N–H and O–H groups in total. The first-order chi connectivity index (χ1) is 7.97. The highest BCUT2D eigenvalue weighted by atomic mass is 79.9. The van der Waals surface area contributed by atoms with Gasteiger partial charge in [-0.25, -0.2) is 4.79 Å². The molecular formula is C11H10BrNO4. The second-order valence-corrected chi connectivity index (χ2v) is 5.14. The Hall–Kier alpha value is -1.56. The van der Waals surface area contributed by atoms with Crippen molar-refractivity contribution in [3.8, 4) is 5.75 Å². The molecule has 1 aromatic rings. The van der Waals surface area contributed by atoms with Crippen LogP contribution in [0.2, 0.25) is 0 Å². The van der Waals surface area contributed by atoms with E-state index in [4.69, 9.17) is 5.11 Å². The molecule has 17 heavy (non-hydrogen) atoms. The van der Waals surface area contributed by atoms with Crippen molar-refractivity contribution in [2.75, 3.05) is 11.4 Å². The number of amides is 1. The Bertz CT molecular complexity index is 488. The number of anilines is 1. The largest absolute Gasteiger partial charge is 0.508 e. The fourth-order valence-corrected chi connectivity index (χ4v) is 2.35. The smallest absolute Gasteiger partial charge is 0.335 e. The van der Waals surface area contributed by atoms with E-state index in [0.29, 0.717) is 18.7 Å². The van der Waals surface area contributed by atoms with Gasteiger partial charge in [-0.1, -0.05) is 15.9 Å².